The van der Waals surface area contributed by atoms with E-state index in [0.717, 1.165) is 5.92 Å². The second-order valence-electron chi connectivity index (χ2n) is 3.97. The van der Waals surface area contributed by atoms with Gasteiger partial charge in [-0.3, -0.25) is 0 Å². The van der Waals surface area contributed by atoms with E-state index in [1.165, 1.54) is 19.3 Å². The molecule has 1 fully saturated rings. The second-order valence-corrected chi connectivity index (χ2v) is 4.41. The Bertz CT molecular complexity index is 164. The smallest absolute Gasteiger partial charge is 0.163 e. The summed E-state index contributed by atoms with van der Waals surface area (Å²) in [5, 5.41) is 3.64. The number of rotatable bonds is 3. The van der Waals surface area contributed by atoms with Crippen LogP contribution in [-0.4, -0.2) is 11.2 Å². The number of hydrogen-bond donors (Lipinski definition) is 2. The van der Waals surface area contributed by atoms with Crippen molar-refractivity contribution in [2.24, 2.45) is 17.6 Å². The molecule has 2 nitrogen and oxygen atoms in total. The molecule has 0 amide bonds. The minimum absolute atomic E-state index is 0.445. The van der Waals surface area contributed by atoms with Gasteiger partial charge in [0.15, 0.2) is 5.11 Å². The SMILES string of the molecule is CC(C)C(NC(N)=S)C1CCC1. The molecule has 1 saturated carbocycles. The second kappa shape index (κ2) is 4.08. The van der Waals surface area contributed by atoms with E-state index in [4.69, 9.17) is 18.0 Å². The molecule has 0 radical (unpaired) electrons. The summed E-state index contributed by atoms with van der Waals surface area (Å²) in [6.07, 6.45) is 4.03. The standard InChI is InChI=1S/C9H18N2S/c1-6(2)8(11-9(10)12)7-4-3-5-7/h6-8H,3-5H2,1-2H3,(H3,10,11,12). The highest BCUT2D eigenvalue weighted by Crippen LogP contribution is 2.32. The molecule has 12 heavy (non-hydrogen) atoms. The zero-order valence-electron chi connectivity index (χ0n) is 7.84. The highest BCUT2D eigenvalue weighted by atomic mass is 32.1. The van der Waals surface area contributed by atoms with Crippen molar-refractivity contribution in [1.82, 2.24) is 5.32 Å². The highest BCUT2D eigenvalue weighted by molar-refractivity contribution is 7.80. The minimum atomic E-state index is 0.445. The highest BCUT2D eigenvalue weighted by Gasteiger charge is 2.29. The lowest BCUT2D eigenvalue weighted by atomic mass is 9.76. The minimum Gasteiger partial charge on any atom is -0.376 e. The van der Waals surface area contributed by atoms with Gasteiger partial charge in [0.2, 0.25) is 0 Å². The Morgan fingerprint density at radius 2 is 2.08 bits per heavy atom. The molecule has 0 spiro atoms. The van der Waals surface area contributed by atoms with E-state index >= 15 is 0 Å². The summed E-state index contributed by atoms with van der Waals surface area (Å²) >= 11 is 4.85. The quantitative estimate of drug-likeness (QED) is 0.658. The maximum atomic E-state index is 5.47. The predicted molar refractivity (Wildman–Crippen MR) is 55.9 cm³/mol. The van der Waals surface area contributed by atoms with E-state index in [-0.39, 0.29) is 0 Å². The van der Waals surface area contributed by atoms with E-state index in [2.05, 4.69) is 19.2 Å². The normalized spacial score (nSPS) is 20.2. The van der Waals surface area contributed by atoms with Gasteiger partial charge in [-0.25, -0.2) is 0 Å². The van der Waals surface area contributed by atoms with Crippen molar-refractivity contribution in [3.05, 3.63) is 0 Å². The molecule has 3 N–H and O–H groups in total. The molecule has 0 bridgehead atoms. The van der Waals surface area contributed by atoms with Gasteiger partial charge in [-0.2, -0.15) is 0 Å². The number of hydrogen-bond acceptors (Lipinski definition) is 1. The van der Waals surface area contributed by atoms with Crippen LogP contribution >= 0.6 is 12.2 Å². The lowest BCUT2D eigenvalue weighted by Crippen LogP contribution is -2.48. The molecule has 0 aromatic heterocycles. The molecule has 0 aliphatic heterocycles. The molecule has 70 valence electrons. The van der Waals surface area contributed by atoms with E-state index < -0.39 is 0 Å². The van der Waals surface area contributed by atoms with Gasteiger partial charge >= 0.3 is 0 Å². The van der Waals surface area contributed by atoms with Gasteiger partial charge in [-0.05, 0) is 36.9 Å². The van der Waals surface area contributed by atoms with Crippen molar-refractivity contribution in [2.75, 3.05) is 0 Å². The molecule has 0 aromatic rings. The van der Waals surface area contributed by atoms with Crippen LogP contribution in [0.4, 0.5) is 0 Å². The fraction of sp³-hybridized carbons (Fsp3) is 0.889. The Labute approximate surface area is 79.9 Å². The monoisotopic (exact) mass is 186 g/mol. The molecular weight excluding hydrogens is 168 g/mol. The largest absolute Gasteiger partial charge is 0.376 e. The third-order valence-corrected chi connectivity index (χ3v) is 2.80. The predicted octanol–water partition coefficient (Wildman–Crippen LogP) is 1.64. The Hall–Kier alpha value is -0.310. The van der Waals surface area contributed by atoms with Crippen LogP contribution in [0.5, 0.6) is 0 Å². The molecule has 1 aliphatic rings. The van der Waals surface area contributed by atoms with Gasteiger partial charge in [0.1, 0.15) is 0 Å². The molecule has 0 heterocycles. The van der Waals surface area contributed by atoms with Crippen LogP contribution in [0.3, 0.4) is 0 Å². The van der Waals surface area contributed by atoms with Crippen molar-refractivity contribution in [2.45, 2.75) is 39.2 Å². The molecule has 1 unspecified atom stereocenters. The fourth-order valence-corrected chi connectivity index (χ4v) is 1.93. The van der Waals surface area contributed by atoms with Crippen LogP contribution < -0.4 is 11.1 Å². The average Bonchev–Trinajstić information content (AvgIpc) is 1.80. The van der Waals surface area contributed by atoms with Crippen LogP contribution in [0.25, 0.3) is 0 Å². The van der Waals surface area contributed by atoms with E-state index in [1.807, 2.05) is 0 Å². The summed E-state index contributed by atoms with van der Waals surface area (Å²) in [6, 6.07) is 0.497. The molecular formula is C9H18N2S. The Morgan fingerprint density at radius 1 is 1.50 bits per heavy atom. The Kier molecular flexibility index (Phi) is 3.32. The first-order valence-corrected chi connectivity index (χ1v) is 5.08. The summed E-state index contributed by atoms with van der Waals surface area (Å²) in [4.78, 5) is 0. The van der Waals surface area contributed by atoms with Gasteiger partial charge in [0.25, 0.3) is 0 Å². The lowest BCUT2D eigenvalue weighted by molar-refractivity contribution is 0.207. The van der Waals surface area contributed by atoms with Crippen molar-refractivity contribution >= 4 is 17.3 Å². The number of thiocarbonyl (C=S) groups is 1. The van der Waals surface area contributed by atoms with Gasteiger partial charge in [0, 0.05) is 6.04 Å². The van der Waals surface area contributed by atoms with E-state index in [9.17, 15) is 0 Å². The fourth-order valence-electron chi connectivity index (χ4n) is 1.79. The maximum absolute atomic E-state index is 5.47. The van der Waals surface area contributed by atoms with Gasteiger partial charge in [-0.1, -0.05) is 20.3 Å². The van der Waals surface area contributed by atoms with Crippen molar-refractivity contribution in [3.8, 4) is 0 Å². The van der Waals surface area contributed by atoms with Crippen LogP contribution in [0.15, 0.2) is 0 Å². The molecule has 1 aliphatic carbocycles. The topological polar surface area (TPSA) is 38.0 Å². The molecule has 3 heteroatoms. The third kappa shape index (κ3) is 2.34. The molecule has 1 rings (SSSR count). The molecule has 1 atom stereocenters. The first-order valence-electron chi connectivity index (χ1n) is 4.67. The van der Waals surface area contributed by atoms with Crippen molar-refractivity contribution in [1.29, 1.82) is 0 Å². The maximum Gasteiger partial charge on any atom is 0.163 e. The molecule has 0 saturated heterocycles. The zero-order valence-corrected chi connectivity index (χ0v) is 8.66. The van der Waals surface area contributed by atoms with Crippen LogP contribution in [0.2, 0.25) is 0 Å². The molecule has 0 aromatic carbocycles. The van der Waals surface area contributed by atoms with Crippen LogP contribution in [0.1, 0.15) is 33.1 Å². The number of nitrogens with two attached hydrogens (primary N) is 1. The summed E-state index contributed by atoms with van der Waals surface area (Å²) in [7, 11) is 0. The lowest BCUT2D eigenvalue weighted by Gasteiger charge is -2.36. The third-order valence-electron chi connectivity index (χ3n) is 2.68. The first-order chi connectivity index (χ1) is 5.61. The number of nitrogens with one attached hydrogen (secondary N) is 1. The van der Waals surface area contributed by atoms with Gasteiger partial charge < -0.3 is 11.1 Å². The summed E-state index contributed by atoms with van der Waals surface area (Å²) in [5.74, 6) is 1.42. The van der Waals surface area contributed by atoms with E-state index in [1.54, 1.807) is 0 Å². The zero-order chi connectivity index (χ0) is 9.14. The van der Waals surface area contributed by atoms with Crippen molar-refractivity contribution in [3.63, 3.8) is 0 Å². The van der Waals surface area contributed by atoms with Gasteiger partial charge in [-0.15, -0.1) is 0 Å². The van der Waals surface area contributed by atoms with Crippen LogP contribution in [-0.2, 0) is 0 Å². The average molecular weight is 186 g/mol. The Morgan fingerprint density at radius 3 is 2.33 bits per heavy atom. The summed E-state index contributed by atoms with van der Waals surface area (Å²) in [6.45, 7) is 4.43. The van der Waals surface area contributed by atoms with Gasteiger partial charge in [0.05, 0.1) is 0 Å². The van der Waals surface area contributed by atoms with E-state index in [0.29, 0.717) is 17.1 Å². The summed E-state index contributed by atoms with van der Waals surface area (Å²) in [5.41, 5.74) is 5.47. The van der Waals surface area contributed by atoms with Crippen LogP contribution in [0, 0.1) is 11.8 Å². The first kappa shape index (κ1) is 9.78. The van der Waals surface area contributed by atoms with Crippen molar-refractivity contribution < 1.29 is 0 Å². The Balaban J connectivity index is 2.42. The summed E-state index contributed by atoms with van der Waals surface area (Å²) < 4.78 is 0.